The van der Waals surface area contributed by atoms with Crippen LogP contribution in [-0.2, 0) is 9.84 Å². The molecule has 0 aliphatic carbocycles. The third kappa shape index (κ3) is 3.52. The van der Waals surface area contributed by atoms with E-state index >= 15 is 0 Å². The van der Waals surface area contributed by atoms with Gasteiger partial charge in [-0.3, -0.25) is 4.90 Å². The van der Waals surface area contributed by atoms with Gasteiger partial charge in [0.15, 0.2) is 9.84 Å². The number of nitrogens with two attached hydrogens (primary N) is 1. The number of aryl methyl sites for hydroxylation is 1. The molecule has 4 nitrogen and oxygen atoms in total. The predicted molar refractivity (Wildman–Crippen MR) is 83.5 cm³/mol. The molecule has 7 heteroatoms. The number of hydrogen-bond acceptors (Lipinski definition) is 6. The molecule has 108 valence electrons. The molecule has 1 saturated heterocycles. The molecule has 1 aromatic heterocycles. The fraction of sp³-hybridized carbons (Fsp3) is 0.667. The Hall–Kier alpha value is -0.0800. The number of thioether (sulfide) groups is 1. The molecule has 19 heavy (non-hydrogen) atoms. The van der Waals surface area contributed by atoms with Gasteiger partial charge in [0.2, 0.25) is 0 Å². The number of sulfone groups is 1. The SMILES string of the molecule is Cc1ccc(C(CN)N2CCSCC2S(C)(=O)=O)s1. The van der Waals surface area contributed by atoms with Crippen molar-refractivity contribution < 1.29 is 8.42 Å². The van der Waals surface area contributed by atoms with Crippen LogP contribution in [0.2, 0.25) is 0 Å². The molecular formula is C12H20N2O2S3. The molecule has 1 aliphatic rings. The Balaban J connectivity index is 2.29. The summed E-state index contributed by atoms with van der Waals surface area (Å²) in [5, 5.41) is -0.415. The highest BCUT2D eigenvalue weighted by Crippen LogP contribution is 2.32. The lowest BCUT2D eigenvalue weighted by Crippen LogP contribution is -2.50. The highest BCUT2D eigenvalue weighted by atomic mass is 32.2. The van der Waals surface area contributed by atoms with E-state index < -0.39 is 15.2 Å². The maximum absolute atomic E-state index is 12.0. The van der Waals surface area contributed by atoms with Crippen LogP contribution in [0.5, 0.6) is 0 Å². The van der Waals surface area contributed by atoms with E-state index in [1.165, 1.54) is 16.0 Å². The lowest BCUT2D eigenvalue weighted by atomic mass is 10.2. The van der Waals surface area contributed by atoms with E-state index in [0.29, 0.717) is 12.3 Å². The second kappa shape index (κ2) is 6.13. The van der Waals surface area contributed by atoms with E-state index in [-0.39, 0.29) is 6.04 Å². The summed E-state index contributed by atoms with van der Waals surface area (Å²) in [4.78, 5) is 4.47. The van der Waals surface area contributed by atoms with Crippen LogP contribution in [0.1, 0.15) is 15.8 Å². The molecule has 0 radical (unpaired) electrons. The summed E-state index contributed by atoms with van der Waals surface area (Å²) in [5.41, 5.74) is 5.91. The Kier molecular flexibility index (Phi) is 4.94. The minimum Gasteiger partial charge on any atom is -0.329 e. The van der Waals surface area contributed by atoms with Crippen molar-refractivity contribution in [3.8, 4) is 0 Å². The van der Waals surface area contributed by atoms with Crippen molar-refractivity contribution >= 4 is 32.9 Å². The standard InChI is InChI=1S/C12H20N2O2S3/c1-9-3-4-11(18-9)10(7-13)14-5-6-17-8-12(14)19(2,15)16/h3-4,10,12H,5-8,13H2,1-2H3. The van der Waals surface area contributed by atoms with Crippen molar-refractivity contribution in [2.45, 2.75) is 18.3 Å². The van der Waals surface area contributed by atoms with Gasteiger partial charge in [-0.1, -0.05) is 0 Å². The third-order valence-corrected chi connectivity index (χ3v) is 7.09. The van der Waals surface area contributed by atoms with E-state index in [0.717, 1.165) is 12.3 Å². The quantitative estimate of drug-likeness (QED) is 0.910. The topological polar surface area (TPSA) is 63.4 Å². The van der Waals surface area contributed by atoms with Crippen LogP contribution in [0.15, 0.2) is 12.1 Å². The first-order valence-electron chi connectivity index (χ1n) is 6.22. The zero-order chi connectivity index (χ0) is 14.0. The predicted octanol–water partition coefficient (Wildman–Crippen LogP) is 1.48. The van der Waals surface area contributed by atoms with E-state index in [2.05, 4.69) is 24.0 Å². The molecule has 2 atom stereocenters. The molecule has 0 bridgehead atoms. The smallest absolute Gasteiger partial charge is 0.164 e. The first-order chi connectivity index (χ1) is 8.93. The van der Waals surface area contributed by atoms with Crippen molar-refractivity contribution in [1.29, 1.82) is 0 Å². The van der Waals surface area contributed by atoms with Gasteiger partial charge in [0.05, 0.1) is 6.04 Å². The van der Waals surface area contributed by atoms with Gasteiger partial charge >= 0.3 is 0 Å². The monoisotopic (exact) mass is 320 g/mol. The highest BCUT2D eigenvalue weighted by molar-refractivity contribution is 8.00. The van der Waals surface area contributed by atoms with Crippen molar-refractivity contribution in [2.24, 2.45) is 5.73 Å². The van der Waals surface area contributed by atoms with Gasteiger partial charge in [0, 0.05) is 40.6 Å². The van der Waals surface area contributed by atoms with Gasteiger partial charge in [-0.15, -0.1) is 11.3 Å². The van der Waals surface area contributed by atoms with Crippen molar-refractivity contribution in [3.05, 3.63) is 21.9 Å². The summed E-state index contributed by atoms with van der Waals surface area (Å²) >= 11 is 3.41. The van der Waals surface area contributed by atoms with E-state index in [1.807, 2.05) is 0 Å². The van der Waals surface area contributed by atoms with Crippen LogP contribution in [0.3, 0.4) is 0 Å². The molecule has 0 aromatic carbocycles. The fourth-order valence-electron chi connectivity index (χ4n) is 2.37. The Morgan fingerprint density at radius 1 is 1.53 bits per heavy atom. The summed E-state index contributed by atoms with van der Waals surface area (Å²) < 4.78 is 23.9. The van der Waals surface area contributed by atoms with Gasteiger partial charge < -0.3 is 5.73 Å². The van der Waals surface area contributed by atoms with Gasteiger partial charge in [-0.2, -0.15) is 11.8 Å². The average molecular weight is 321 g/mol. The second-order valence-electron chi connectivity index (χ2n) is 4.80. The molecule has 0 spiro atoms. The molecule has 2 heterocycles. The number of nitrogens with zero attached hydrogens (tertiary/aromatic N) is 1. The summed E-state index contributed by atoms with van der Waals surface area (Å²) in [5.74, 6) is 1.60. The summed E-state index contributed by atoms with van der Waals surface area (Å²) in [6.45, 7) is 3.29. The Labute approximate surface area is 123 Å². The minimum atomic E-state index is -3.08. The highest BCUT2D eigenvalue weighted by Gasteiger charge is 2.35. The van der Waals surface area contributed by atoms with Gasteiger partial charge in [0.1, 0.15) is 5.37 Å². The lowest BCUT2D eigenvalue weighted by Gasteiger charge is -2.39. The maximum Gasteiger partial charge on any atom is 0.164 e. The molecule has 0 saturated carbocycles. The van der Waals surface area contributed by atoms with Crippen molar-refractivity contribution in [1.82, 2.24) is 4.90 Å². The largest absolute Gasteiger partial charge is 0.329 e. The summed E-state index contributed by atoms with van der Waals surface area (Å²) in [6, 6.07) is 4.15. The number of thiophene rings is 1. The van der Waals surface area contributed by atoms with Crippen molar-refractivity contribution in [2.75, 3.05) is 30.9 Å². The molecule has 0 amide bonds. The van der Waals surface area contributed by atoms with Crippen LogP contribution in [0.25, 0.3) is 0 Å². The van der Waals surface area contributed by atoms with Crippen LogP contribution in [0, 0.1) is 6.92 Å². The maximum atomic E-state index is 12.0. The van der Waals surface area contributed by atoms with E-state index in [9.17, 15) is 8.42 Å². The number of hydrogen-bond donors (Lipinski definition) is 1. The Morgan fingerprint density at radius 2 is 2.26 bits per heavy atom. The van der Waals surface area contributed by atoms with Crippen LogP contribution in [-0.4, -0.2) is 49.5 Å². The van der Waals surface area contributed by atoms with E-state index in [4.69, 9.17) is 5.73 Å². The lowest BCUT2D eigenvalue weighted by molar-refractivity contribution is 0.200. The zero-order valence-corrected chi connectivity index (χ0v) is 13.7. The molecule has 2 N–H and O–H groups in total. The van der Waals surface area contributed by atoms with Crippen molar-refractivity contribution in [3.63, 3.8) is 0 Å². The summed E-state index contributed by atoms with van der Waals surface area (Å²) in [7, 11) is -3.08. The molecule has 2 rings (SSSR count). The first kappa shape index (κ1) is 15.3. The summed E-state index contributed by atoms with van der Waals surface area (Å²) in [6.07, 6.45) is 1.32. The average Bonchev–Trinajstić information content (AvgIpc) is 2.76. The van der Waals surface area contributed by atoms with Gasteiger partial charge in [-0.05, 0) is 19.1 Å². The molecule has 1 aliphatic heterocycles. The molecule has 2 unspecified atom stereocenters. The van der Waals surface area contributed by atoms with Gasteiger partial charge in [-0.25, -0.2) is 8.42 Å². The normalized spacial score (nSPS) is 23.4. The fourth-order valence-corrected chi connectivity index (χ4v) is 6.30. The first-order valence-corrected chi connectivity index (χ1v) is 10.1. The zero-order valence-electron chi connectivity index (χ0n) is 11.2. The van der Waals surface area contributed by atoms with Gasteiger partial charge in [0.25, 0.3) is 0 Å². The molecule has 1 fully saturated rings. The van der Waals surface area contributed by atoms with Crippen LogP contribution < -0.4 is 5.73 Å². The Morgan fingerprint density at radius 3 is 2.79 bits per heavy atom. The van der Waals surface area contributed by atoms with Crippen LogP contribution >= 0.6 is 23.1 Å². The molecule has 1 aromatic rings. The minimum absolute atomic E-state index is 0.0133. The van der Waals surface area contributed by atoms with E-state index in [1.54, 1.807) is 23.1 Å². The second-order valence-corrected chi connectivity index (χ2v) is 9.47. The Bertz CT molecular complexity index is 527. The third-order valence-electron chi connectivity index (χ3n) is 3.33. The van der Waals surface area contributed by atoms with Crippen LogP contribution in [0.4, 0.5) is 0 Å². The number of rotatable bonds is 4. The molecular weight excluding hydrogens is 300 g/mol.